The number of esters is 1. The molecule has 1 aromatic rings. The minimum atomic E-state index is -0.317. The number of rotatable bonds is 8. The highest BCUT2D eigenvalue weighted by atomic mass is 16.7. The van der Waals surface area contributed by atoms with E-state index in [1.807, 2.05) is 31.2 Å². The maximum atomic E-state index is 11.7. The Hall–Kier alpha value is -1.69. The number of benzene rings is 1. The summed E-state index contributed by atoms with van der Waals surface area (Å²) >= 11 is 0. The highest BCUT2D eigenvalue weighted by Crippen LogP contribution is 2.30. The molecular formula is C16H20O5. The summed E-state index contributed by atoms with van der Waals surface area (Å²) in [5, 5.41) is 0. The van der Waals surface area contributed by atoms with Crippen molar-refractivity contribution in [1.29, 1.82) is 0 Å². The summed E-state index contributed by atoms with van der Waals surface area (Å²) in [5.74, 6) is 0.238. The van der Waals surface area contributed by atoms with Crippen LogP contribution in [0.1, 0.15) is 29.3 Å². The van der Waals surface area contributed by atoms with Gasteiger partial charge >= 0.3 is 5.97 Å². The second-order valence-corrected chi connectivity index (χ2v) is 4.60. The van der Waals surface area contributed by atoms with E-state index in [9.17, 15) is 4.79 Å². The Morgan fingerprint density at radius 3 is 2.71 bits per heavy atom. The lowest BCUT2D eigenvalue weighted by Gasteiger charge is -2.13. The van der Waals surface area contributed by atoms with Crippen LogP contribution in [0.15, 0.2) is 30.3 Å². The number of methoxy groups -OCH3 is 1. The molecule has 1 unspecified atom stereocenters. The third kappa shape index (κ3) is 4.14. The average Bonchev–Trinajstić information content (AvgIpc) is 2.82. The minimum absolute atomic E-state index is 0.165. The Morgan fingerprint density at radius 2 is 2.00 bits per heavy atom. The van der Waals surface area contributed by atoms with Crippen molar-refractivity contribution < 1.29 is 23.7 Å². The molecule has 1 aliphatic heterocycles. The van der Waals surface area contributed by atoms with Crippen molar-refractivity contribution in [1.82, 2.24) is 0 Å². The molecule has 1 atom stereocenters. The van der Waals surface area contributed by atoms with E-state index in [0.29, 0.717) is 24.5 Å². The molecule has 0 saturated heterocycles. The van der Waals surface area contributed by atoms with E-state index >= 15 is 0 Å². The molecule has 0 radical (unpaired) electrons. The normalized spacial score (nSPS) is 16.9. The van der Waals surface area contributed by atoms with Crippen LogP contribution < -0.4 is 0 Å². The molecule has 0 bridgehead atoms. The van der Waals surface area contributed by atoms with Gasteiger partial charge in [-0.2, -0.15) is 0 Å². The largest absolute Gasteiger partial charge is 0.422 e. The molecule has 0 aromatic heterocycles. The lowest BCUT2D eigenvalue weighted by Crippen LogP contribution is -2.14. The smallest absolute Gasteiger partial charge is 0.344 e. The molecule has 5 heteroatoms. The first-order chi connectivity index (χ1) is 10.3. The first-order valence-electron chi connectivity index (χ1n) is 6.98. The zero-order chi connectivity index (χ0) is 15.1. The van der Waals surface area contributed by atoms with Crippen molar-refractivity contribution in [3.63, 3.8) is 0 Å². The Kier molecular flexibility index (Phi) is 5.92. The number of fused-ring (bicyclic) bond motifs is 1. The molecular weight excluding hydrogens is 272 g/mol. The molecule has 0 aliphatic carbocycles. The first kappa shape index (κ1) is 15.7. The second-order valence-electron chi connectivity index (χ2n) is 4.60. The molecule has 1 aromatic carbocycles. The minimum Gasteiger partial charge on any atom is -0.422 e. The van der Waals surface area contributed by atoms with Gasteiger partial charge in [0.25, 0.3) is 0 Å². The van der Waals surface area contributed by atoms with E-state index in [4.69, 9.17) is 18.9 Å². The fourth-order valence-corrected chi connectivity index (χ4v) is 2.00. The molecule has 5 nitrogen and oxygen atoms in total. The predicted molar refractivity (Wildman–Crippen MR) is 77.7 cm³/mol. The van der Waals surface area contributed by atoms with Crippen molar-refractivity contribution in [2.24, 2.45) is 0 Å². The van der Waals surface area contributed by atoms with Gasteiger partial charge in [0, 0.05) is 12.7 Å². The summed E-state index contributed by atoms with van der Waals surface area (Å²) in [4.78, 5) is 11.7. The third-order valence-electron chi connectivity index (χ3n) is 3.15. The van der Waals surface area contributed by atoms with Gasteiger partial charge in [0.1, 0.15) is 12.6 Å². The third-order valence-corrected chi connectivity index (χ3v) is 3.15. The van der Waals surface area contributed by atoms with Gasteiger partial charge < -0.3 is 18.9 Å². The summed E-state index contributed by atoms with van der Waals surface area (Å²) in [6, 6.07) is 7.33. The average molecular weight is 292 g/mol. The van der Waals surface area contributed by atoms with E-state index in [1.54, 1.807) is 13.2 Å². The van der Waals surface area contributed by atoms with Gasteiger partial charge in [0.15, 0.2) is 0 Å². The van der Waals surface area contributed by atoms with Crippen molar-refractivity contribution in [2.45, 2.75) is 19.4 Å². The van der Waals surface area contributed by atoms with Gasteiger partial charge in [-0.15, -0.1) is 0 Å². The quantitative estimate of drug-likeness (QED) is 0.419. The SMILES string of the molecule is CCC(/C=C1\OC(=O)c2ccccc21)OCOCCOC. The number of hydrogen-bond donors (Lipinski definition) is 0. The highest BCUT2D eigenvalue weighted by molar-refractivity contribution is 6.02. The molecule has 114 valence electrons. The topological polar surface area (TPSA) is 54.0 Å². The molecule has 0 N–H and O–H groups in total. The number of carbonyl (C=O) groups is 1. The van der Waals surface area contributed by atoms with Crippen LogP contribution in [0.4, 0.5) is 0 Å². The fourth-order valence-electron chi connectivity index (χ4n) is 2.00. The number of hydrogen-bond acceptors (Lipinski definition) is 5. The Bertz CT molecular complexity index is 509. The molecule has 0 fully saturated rings. The molecule has 0 saturated carbocycles. The molecule has 0 spiro atoms. The number of ether oxygens (including phenoxy) is 4. The van der Waals surface area contributed by atoms with E-state index in [2.05, 4.69) is 0 Å². The van der Waals surface area contributed by atoms with Crippen LogP contribution in [-0.4, -0.2) is 39.2 Å². The zero-order valence-corrected chi connectivity index (χ0v) is 12.3. The van der Waals surface area contributed by atoms with Crippen LogP contribution in [0.3, 0.4) is 0 Å². The Morgan fingerprint density at radius 1 is 1.24 bits per heavy atom. The Labute approximate surface area is 124 Å². The van der Waals surface area contributed by atoms with Gasteiger partial charge in [-0.1, -0.05) is 25.1 Å². The highest BCUT2D eigenvalue weighted by Gasteiger charge is 2.26. The zero-order valence-electron chi connectivity index (χ0n) is 12.3. The van der Waals surface area contributed by atoms with Crippen LogP contribution in [0, 0.1) is 0 Å². The van der Waals surface area contributed by atoms with Gasteiger partial charge in [-0.3, -0.25) is 0 Å². The van der Waals surface area contributed by atoms with Crippen LogP contribution in [0.5, 0.6) is 0 Å². The van der Waals surface area contributed by atoms with E-state index in [1.165, 1.54) is 0 Å². The monoisotopic (exact) mass is 292 g/mol. The summed E-state index contributed by atoms with van der Waals surface area (Å²) < 4.78 is 21.1. The van der Waals surface area contributed by atoms with Crippen molar-refractivity contribution >= 4 is 11.7 Å². The predicted octanol–water partition coefficient (Wildman–Crippen LogP) is 2.61. The maximum absolute atomic E-state index is 11.7. The van der Waals surface area contributed by atoms with Crippen LogP contribution >= 0.6 is 0 Å². The van der Waals surface area contributed by atoms with E-state index in [-0.39, 0.29) is 18.9 Å². The fraction of sp³-hybridized carbons (Fsp3) is 0.438. The number of cyclic esters (lactones) is 1. The molecule has 1 aliphatic rings. The summed E-state index contributed by atoms with van der Waals surface area (Å²) in [6.45, 7) is 3.20. The molecule has 1 heterocycles. The number of carbonyl (C=O) groups excluding carboxylic acids is 1. The lowest BCUT2D eigenvalue weighted by molar-refractivity contribution is -0.0853. The van der Waals surface area contributed by atoms with Gasteiger partial charge in [0.05, 0.1) is 24.9 Å². The second kappa shape index (κ2) is 7.93. The summed E-state index contributed by atoms with van der Waals surface area (Å²) in [7, 11) is 1.62. The van der Waals surface area contributed by atoms with Gasteiger partial charge in [-0.05, 0) is 18.6 Å². The van der Waals surface area contributed by atoms with Crippen LogP contribution in [0.25, 0.3) is 5.76 Å². The van der Waals surface area contributed by atoms with Crippen LogP contribution in [0.2, 0.25) is 0 Å². The van der Waals surface area contributed by atoms with Gasteiger partial charge in [0.2, 0.25) is 0 Å². The van der Waals surface area contributed by atoms with E-state index < -0.39 is 0 Å². The lowest BCUT2D eigenvalue weighted by atomic mass is 10.1. The van der Waals surface area contributed by atoms with Crippen molar-refractivity contribution in [2.75, 3.05) is 27.1 Å². The first-order valence-corrected chi connectivity index (χ1v) is 6.98. The van der Waals surface area contributed by atoms with Crippen molar-refractivity contribution in [3.8, 4) is 0 Å². The Balaban J connectivity index is 1.96. The standard InChI is InChI=1S/C16H20O5/c1-3-12(20-11-19-9-8-18-2)10-15-13-6-4-5-7-14(13)16(17)21-15/h4-7,10,12H,3,8-9,11H2,1-2H3/b15-10-. The van der Waals surface area contributed by atoms with E-state index in [0.717, 1.165) is 12.0 Å². The molecule has 2 rings (SSSR count). The van der Waals surface area contributed by atoms with Crippen LogP contribution in [-0.2, 0) is 18.9 Å². The maximum Gasteiger partial charge on any atom is 0.344 e. The van der Waals surface area contributed by atoms with Crippen molar-refractivity contribution in [3.05, 3.63) is 41.5 Å². The molecule has 21 heavy (non-hydrogen) atoms. The molecule has 0 amide bonds. The van der Waals surface area contributed by atoms with Gasteiger partial charge in [-0.25, -0.2) is 4.79 Å². The summed E-state index contributed by atoms with van der Waals surface area (Å²) in [5.41, 5.74) is 1.40. The summed E-state index contributed by atoms with van der Waals surface area (Å²) in [6.07, 6.45) is 2.42.